The fourth-order valence-electron chi connectivity index (χ4n) is 5.18. The fourth-order valence-corrected chi connectivity index (χ4v) is 5.26. The van der Waals surface area contributed by atoms with Crippen LogP contribution in [-0.4, -0.2) is 96.8 Å². The first-order valence-corrected chi connectivity index (χ1v) is 14.2. The molecule has 0 radical (unpaired) electrons. The van der Waals surface area contributed by atoms with Gasteiger partial charge in [0.2, 0.25) is 11.5 Å². The molecule has 0 bridgehead atoms. The average molecular weight is 581 g/mol. The molecule has 2 aliphatic heterocycles. The third-order valence-corrected chi connectivity index (χ3v) is 7.12. The summed E-state index contributed by atoms with van der Waals surface area (Å²) in [6, 6.07) is 4.65. The van der Waals surface area contributed by atoms with E-state index in [0.717, 1.165) is 12.8 Å². The van der Waals surface area contributed by atoms with E-state index in [0.29, 0.717) is 36.5 Å². The Morgan fingerprint density at radius 2 is 2.00 bits per heavy atom. The quantitative estimate of drug-likeness (QED) is 0.422. The molecule has 11 nitrogen and oxygen atoms in total. The molecule has 40 heavy (non-hydrogen) atoms. The lowest BCUT2D eigenvalue weighted by atomic mass is 9.99. The number of hydrogen-bond donors (Lipinski definition) is 1. The van der Waals surface area contributed by atoms with Gasteiger partial charge in [0, 0.05) is 51.3 Å². The zero-order valence-electron chi connectivity index (χ0n) is 24.2. The Bertz CT molecular complexity index is 1100. The highest BCUT2D eigenvalue weighted by molar-refractivity contribution is 6.19. The number of ether oxygens (including phenoxy) is 3. The second kappa shape index (κ2) is 13.5. The molecule has 1 fully saturated rings. The van der Waals surface area contributed by atoms with E-state index in [2.05, 4.69) is 5.32 Å². The van der Waals surface area contributed by atoms with E-state index in [1.807, 2.05) is 13.8 Å². The number of methoxy groups -OCH3 is 1. The highest BCUT2D eigenvalue weighted by Crippen LogP contribution is 2.39. The molecule has 0 aromatic heterocycles. The molecule has 1 aromatic carbocycles. The molecule has 2 unspecified atom stereocenters. The Morgan fingerprint density at radius 3 is 2.62 bits per heavy atom. The molecule has 222 valence electrons. The number of carbonyl (C=O) groups is 4. The number of rotatable bonds is 10. The Labute approximate surface area is 241 Å². The summed E-state index contributed by atoms with van der Waals surface area (Å²) in [6.07, 6.45) is 1.28. The number of amides is 4. The van der Waals surface area contributed by atoms with Gasteiger partial charge in [0.15, 0.2) is 5.56 Å². The maximum atomic E-state index is 13.9. The molecule has 1 aromatic rings. The largest absolute Gasteiger partial charge is 0.473 e. The monoisotopic (exact) mass is 580 g/mol. The average Bonchev–Trinajstić information content (AvgIpc) is 2.90. The van der Waals surface area contributed by atoms with Crippen molar-refractivity contribution in [3.05, 3.63) is 23.8 Å². The lowest BCUT2D eigenvalue weighted by Gasteiger charge is -2.42. The molecule has 2 heterocycles. The summed E-state index contributed by atoms with van der Waals surface area (Å²) < 4.78 is 16.5. The number of benzene rings is 1. The van der Waals surface area contributed by atoms with Crippen LogP contribution < -0.4 is 15.0 Å². The number of piperidine rings is 1. The number of likely N-dealkylation sites (tertiary alicyclic amines) is 1. The molecule has 0 spiro atoms. The summed E-state index contributed by atoms with van der Waals surface area (Å²) in [7, 11) is 1.49. The van der Waals surface area contributed by atoms with Gasteiger partial charge in [-0.25, -0.2) is 4.79 Å². The van der Waals surface area contributed by atoms with Crippen LogP contribution in [0.2, 0.25) is 0 Å². The summed E-state index contributed by atoms with van der Waals surface area (Å²) in [6.45, 7) is 10.2. The van der Waals surface area contributed by atoms with Crippen molar-refractivity contribution in [2.24, 2.45) is 0 Å². The smallest absolute Gasteiger partial charge is 0.411 e. The predicted octanol–water partition coefficient (Wildman–Crippen LogP) is 3.38. The van der Waals surface area contributed by atoms with Gasteiger partial charge >= 0.3 is 6.09 Å². The van der Waals surface area contributed by atoms with Gasteiger partial charge in [0.1, 0.15) is 5.75 Å². The summed E-state index contributed by atoms with van der Waals surface area (Å²) >= 11 is 5.84. The maximum absolute atomic E-state index is 13.9. The van der Waals surface area contributed by atoms with E-state index in [-0.39, 0.29) is 49.5 Å². The number of halogens is 1. The molecule has 1 N–H and O–H groups in total. The number of nitrogens with one attached hydrogen (secondary N) is 1. The third kappa shape index (κ3) is 7.17. The van der Waals surface area contributed by atoms with Crippen molar-refractivity contribution in [2.75, 3.05) is 44.8 Å². The van der Waals surface area contributed by atoms with Crippen molar-refractivity contribution < 1.29 is 33.4 Å². The van der Waals surface area contributed by atoms with Gasteiger partial charge in [-0.2, -0.15) is 0 Å². The molecular formula is C28H41ClN4O7. The minimum absolute atomic E-state index is 0.0357. The minimum Gasteiger partial charge on any atom is -0.473 e. The molecule has 2 aliphatic rings. The zero-order valence-corrected chi connectivity index (χ0v) is 25.0. The molecule has 3 atom stereocenters. The number of nitrogens with zero attached hydrogens (tertiary/aromatic N) is 3. The normalized spacial score (nSPS) is 21.4. The van der Waals surface area contributed by atoms with Crippen LogP contribution >= 0.6 is 11.6 Å². The summed E-state index contributed by atoms with van der Waals surface area (Å²) in [5, 5.41) is 2.80. The number of alkyl halides is 1. The van der Waals surface area contributed by atoms with Crippen LogP contribution in [0.3, 0.4) is 0 Å². The van der Waals surface area contributed by atoms with Crippen molar-refractivity contribution in [1.29, 1.82) is 0 Å². The van der Waals surface area contributed by atoms with Gasteiger partial charge in [-0.15, -0.1) is 0 Å². The highest BCUT2D eigenvalue weighted by atomic mass is 35.5. The highest BCUT2D eigenvalue weighted by Gasteiger charge is 2.45. The van der Waals surface area contributed by atoms with Crippen LogP contribution in [0, 0.1) is 0 Å². The lowest BCUT2D eigenvalue weighted by Crippen LogP contribution is -2.58. The molecular weight excluding hydrogens is 540 g/mol. The first kappa shape index (κ1) is 31.5. The molecule has 0 saturated carbocycles. The Hall–Kier alpha value is -3.05. The lowest BCUT2D eigenvalue weighted by molar-refractivity contribution is -0.138. The Kier molecular flexibility index (Phi) is 10.7. The van der Waals surface area contributed by atoms with Crippen molar-refractivity contribution in [1.82, 2.24) is 15.1 Å². The number of fused-ring (bicyclic) bond motifs is 1. The van der Waals surface area contributed by atoms with Crippen molar-refractivity contribution >= 4 is 41.1 Å². The van der Waals surface area contributed by atoms with Gasteiger partial charge < -0.3 is 34.2 Å². The van der Waals surface area contributed by atoms with Crippen molar-refractivity contribution in [3.63, 3.8) is 0 Å². The van der Waals surface area contributed by atoms with Gasteiger partial charge in [-0.1, -0.05) is 18.5 Å². The number of hydrogen-bond acceptors (Lipinski definition) is 7. The first-order valence-electron chi connectivity index (χ1n) is 13.7. The number of anilines is 1. The van der Waals surface area contributed by atoms with E-state index < -0.39 is 17.3 Å². The SMILES string of the molecule is CCC(=O)NCCN1C(=O)C(C)(COC)Oc2ccc(C(=O)N(C(C)C)[C@@H]3CCCN(C(=O)OC(C)Cl)C3)cc21. The Morgan fingerprint density at radius 1 is 1.27 bits per heavy atom. The van der Waals surface area contributed by atoms with E-state index in [4.69, 9.17) is 25.8 Å². The third-order valence-electron chi connectivity index (χ3n) is 7.03. The van der Waals surface area contributed by atoms with E-state index >= 15 is 0 Å². The predicted molar refractivity (Wildman–Crippen MR) is 151 cm³/mol. The first-order chi connectivity index (χ1) is 18.9. The van der Waals surface area contributed by atoms with E-state index in [1.54, 1.807) is 48.8 Å². The van der Waals surface area contributed by atoms with Crippen LogP contribution in [0.15, 0.2) is 18.2 Å². The number of carbonyl (C=O) groups excluding carboxylic acids is 4. The van der Waals surface area contributed by atoms with Gasteiger partial charge in [-0.05, 0) is 58.7 Å². The maximum Gasteiger partial charge on any atom is 0.411 e. The van der Waals surface area contributed by atoms with Crippen molar-refractivity contribution in [2.45, 2.75) is 77.1 Å². The van der Waals surface area contributed by atoms with Crippen LogP contribution in [-0.2, 0) is 19.1 Å². The van der Waals surface area contributed by atoms with Crippen LogP contribution in [0.25, 0.3) is 0 Å². The summed E-state index contributed by atoms with van der Waals surface area (Å²) in [4.78, 5) is 56.7. The molecule has 1 saturated heterocycles. The van der Waals surface area contributed by atoms with Crippen LogP contribution in [0.5, 0.6) is 5.75 Å². The van der Waals surface area contributed by atoms with Crippen LogP contribution in [0.4, 0.5) is 10.5 Å². The van der Waals surface area contributed by atoms with Gasteiger partial charge in [-0.3, -0.25) is 14.4 Å². The van der Waals surface area contributed by atoms with Gasteiger partial charge in [0.25, 0.3) is 11.8 Å². The van der Waals surface area contributed by atoms with Crippen LogP contribution in [0.1, 0.15) is 64.2 Å². The standard InChI is InChI=1S/C28H41ClN4O7/c1-7-24(34)30-12-14-32-22-15-20(10-11-23(22)40-28(5,17-38-6)26(32)36)25(35)33(18(2)3)21-9-8-13-31(16-21)27(37)39-19(4)29/h10-11,15,18-19,21H,7-9,12-14,16-17H2,1-6H3,(H,30,34)/t19?,21-,28?/m1/s1. The summed E-state index contributed by atoms with van der Waals surface area (Å²) in [5.41, 5.74) is -1.17. The topological polar surface area (TPSA) is 118 Å². The van der Waals surface area contributed by atoms with Gasteiger partial charge in [0.05, 0.1) is 18.3 Å². The second-order valence-electron chi connectivity index (χ2n) is 10.6. The van der Waals surface area contributed by atoms with E-state index in [1.165, 1.54) is 12.0 Å². The fraction of sp³-hybridized carbons (Fsp3) is 0.643. The minimum atomic E-state index is -1.26. The zero-order chi connectivity index (χ0) is 29.6. The molecule has 3 rings (SSSR count). The molecule has 4 amide bonds. The summed E-state index contributed by atoms with van der Waals surface area (Å²) in [5.74, 6) is -0.230. The second-order valence-corrected chi connectivity index (χ2v) is 11.2. The Balaban J connectivity index is 1.90. The molecule has 0 aliphatic carbocycles. The van der Waals surface area contributed by atoms with Crippen molar-refractivity contribution in [3.8, 4) is 5.75 Å². The van der Waals surface area contributed by atoms with E-state index in [9.17, 15) is 19.2 Å². The molecule has 12 heteroatoms.